The molecule has 0 saturated carbocycles. The van der Waals surface area contributed by atoms with Crippen LogP contribution in [0.2, 0.25) is 0 Å². The molecule has 0 saturated heterocycles. The Bertz CT molecular complexity index is 563. The second kappa shape index (κ2) is 5.95. The molecule has 0 fully saturated rings. The zero-order valence-corrected chi connectivity index (χ0v) is 11.7. The predicted octanol–water partition coefficient (Wildman–Crippen LogP) is 2.68. The smallest absolute Gasteiger partial charge is 0.357 e. The highest BCUT2D eigenvalue weighted by molar-refractivity contribution is 7.10. The SMILES string of the molecule is CCOC(=O)c1csc(C(N)c2ccc(C)cc2)n1. The summed E-state index contributed by atoms with van der Waals surface area (Å²) in [7, 11) is 0. The van der Waals surface area contributed by atoms with Crippen molar-refractivity contribution < 1.29 is 9.53 Å². The third-order valence-electron chi connectivity index (χ3n) is 2.71. The predicted molar refractivity (Wildman–Crippen MR) is 75.3 cm³/mol. The summed E-state index contributed by atoms with van der Waals surface area (Å²) >= 11 is 1.37. The Hall–Kier alpha value is -1.72. The van der Waals surface area contributed by atoms with E-state index in [1.165, 1.54) is 16.9 Å². The zero-order chi connectivity index (χ0) is 13.8. The summed E-state index contributed by atoms with van der Waals surface area (Å²) in [6.45, 7) is 4.14. The lowest BCUT2D eigenvalue weighted by Crippen LogP contribution is -2.12. The fourth-order valence-electron chi connectivity index (χ4n) is 1.65. The molecule has 1 unspecified atom stereocenters. The lowest BCUT2D eigenvalue weighted by Gasteiger charge is -2.08. The number of thiazole rings is 1. The van der Waals surface area contributed by atoms with Crippen LogP contribution in [0.1, 0.15) is 39.6 Å². The Morgan fingerprint density at radius 1 is 1.42 bits per heavy atom. The topological polar surface area (TPSA) is 65.2 Å². The van der Waals surface area contributed by atoms with Crippen LogP contribution in [0.5, 0.6) is 0 Å². The van der Waals surface area contributed by atoms with Gasteiger partial charge in [-0.15, -0.1) is 11.3 Å². The summed E-state index contributed by atoms with van der Waals surface area (Å²) in [6, 6.07) is 7.66. The van der Waals surface area contributed by atoms with Crippen molar-refractivity contribution in [2.75, 3.05) is 6.61 Å². The van der Waals surface area contributed by atoms with Crippen LogP contribution in [0.3, 0.4) is 0 Å². The molecule has 1 aromatic heterocycles. The molecule has 100 valence electrons. The van der Waals surface area contributed by atoms with Gasteiger partial charge in [0.05, 0.1) is 12.6 Å². The number of rotatable bonds is 4. The molecule has 0 spiro atoms. The van der Waals surface area contributed by atoms with E-state index in [1.54, 1.807) is 12.3 Å². The summed E-state index contributed by atoms with van der Waals surface area (Å²) in [6.07, 6.45) is 0. The van der Waals surface area contributed by atoms with E-state index in [-0.39, 0.29) is 6.04 Å². The van der Waals surface area contributed by atoms with Gasteiger partial charge in [-0.2, -0.15) is 0 Å². The maximum Gasteiger partial charge on any atom is 0.357 e. The minimum atomic E-state index is -0.402. The number of aryl methyl sites for hydroxylation is 1. The van der Waals surface area contributed by atoms with Gasteiger partial charge in [-0.25, -0.2) is 9.78 Å². The number of hydrogen-bond donors (Lipinski definition) is 1. The van der Waals surface area contributed by atoms with Gasteiger partial charge in [0.1, 0.15) is 5.01 Å². The number of esters is 1. The van der Waals surface area contributed by atoms with Crippen molar-refractivity contribution in [1.82, 2.24) is 4.98 Å². The first-order chi connectivity index (χ1) is 9.11. The van der Waals surface area contributed by atoms with Crippen LogP contribution >= 0.6 is 11.3 Å². The van der Waals surface area contributed by atoms with Gasteiger partial charge in [0, 0.05) is 5.38 Å². The summed E-state index contributed by atoms with van der Waals surface area (Å²) in [5.74, 6) is -0.402. The van der Waals surface area contributed by atoms with Gasteiger partial charge in [-0.1, -0.05) is 29.8 Å². The van der Waals surface area contributed by atoms with Crippen molar-refractivity contribution in [2.45, 2.75) is 19.9 Å². The standard InChI is InChI=1S/C14H16N2O2S/c1-3-18-14(17)11-8-19-13(16-11)12(15)10-6-4-9(2)5-7-10/h4-8,12H,3,15H2,1-2H3. The molecular formula is C14H16N2O2S. The molecule has 1 aromatic carbocycles. The first-order valence-electron chi connectivity index (χ1n) is 6.06. The minimum absolute atomic E-state index is 0.311. The van der Waals surface area contributed by atoms with Crippen LogP contribution in [0.15, 0.2) is 29.6 Å². The molecule has 4 nitrogen and oxygen atoms in total. The van der Waals surface area contributed by atoms with E-state index in [2.05, 4.69) is 4.98 Å². The highest BCUT2D eigenvalue weighted by Gasteiger charge is 2.17. The fraction of sp³-hybridized carbons (Fsp3) is 0.286. The molecular weight excluding hydrogens is 260 g/mol. The van der Waals surface area contributed by atoms with E-state index in [0.29, 0.717) is 17.3 Å². The van der Waals surface area contributed by atoms with Gasteiger partial charge in [0.25, 0.3) is 0 Å². The number of carbonyl (C=O) groups excluding carboxylic acids is 1. The van der Waals surface area contributed by atoms with Gasteiger partial charge in [0.15, 0.2) is 5.69 Å². The Morgan fingerprint density at radius 2 is 2.11 bits per heavy atom. The molecule has 5 heteroatoms. The quantitative estimate of drug-likeness (QED) is 0.872. The number of ether oxygens (including phenoxy) is 1. The molecule has 0 amide bonds. The van der Waals surface area contributed by atoms with Crippen LogP contribution in [-0.4, -0.2) is 17.6 Å². The van der Waals surface area contributed by atoms with Crippen molar-refractivity contribution in [3.05, 3.63) is 51.5 Å². The summed E-state index contributed by atoms with van der Waals surface area (Å²) in [5.41, 5.74) is 8.64. The molecule has 2 N–H and O–H groups in total. The van der Waals surface area contributed by atoms with Gasteiger partial charge >= 0.3 is 5.97 Å². The van der Waals surface area contributed by atoms with Crippen molar-refractivity contribution in [3.8, 4) is 0 Å². The minimum Gasteiger partial charge on any atom is -0.461 e. The van der Waals surface area contributed by atoms with Crippen LogP contribution in [0.25, 0.3) is 0 Å². The van der Waals surface area contributed by atoms with Crippen molar-refractivity contribution >= 4 is 17.3 Å². The van der Waals surface area contributed by atoms with Gasteiger partial charge in [-0.05, 0) is 19.4 Å². The van der Waals surface area contributed by atoms with Gasteiger partial charge in [-0.3, -0.25) is 0 Å². The second-order valence-electron chi connectivity index (χ2n) is 4.18. The third kappa shape index (κ3) is 3.19. The number of nitrogens with zero attached hydrogens (tertiary/aromatic N) is 1. The summed E-state index contributed by atoms with van der Waals surface area (Å²) < 4.78 is 4.91. The highest BCUT2D eigenvalue weighted by Crippen LogP contribution is 2.23. The van der Waals surface area contributed by atoms with Gasteiger partial charge < -0.3 is 10.5 Å². The normalized spacial score (nSPS) is 12.2. The van der Waals surface area contributed by atoms with Crippen LogP contribution in [0.4, 0.5) is 0 Å². The second-order valence-corrected chi connectivity index (χ2v) is 5.07. The van der Waals surface area contributed by atoms with Crippen LogP contribution < -0.4 is 5.73 Å². The highest BCUT2D eigenvalue weighted by atomic mass is 32.1. The van der Waals surface area contributed by atoms with Crippen molar-refractivity contribution in [2.24, 2.45) is 5.73 Å². The molecule has 0 radical (unpaired) electrons. The maximum absolute atomic E-state index is 11.5. The van der Waals surface area contributed by atoms with Crippen molar-refractivity contribution in [3.63, 3.8) is 0 Å². The number of nitrogens with two attached hydrogens (primary N) is 1. The average molecular weight is 276 g/mol. The molecule has 0 aliphatic carbocycles. The Morgan fingerprint density at radius 3 is 2.74 bits per heavy atom. The molecule has 0 aliphatic heterocycles. The van der Waals surface area contributed by atoms with E-state index in [0.717, 1.165) is 5.56 Å². The summed E-state index contributed by atoms with van der Waals surface area (Å²) in [5, 5.41) is 2.40. The molecule has 0 bridgehead atoms. The Kier molecular flexibility index (Phi) is 4.29. The Labute approximate surface area is 116 Å². The monoisotopic (exact) mass is 276 g/mol. The van der Waals surface area contributed by atoms with E-state index in [9.17, 15) is 4.79 Å². The number of aromatic nitrogens is 1. The third-order valence-corrected chi connectivity index (χ3v) is 3.64. The Balaban J connectivity index is 2.18. The van der Waals surface area contributed by atoms with E-state index in [4.69, 9.17) is 10.5 Å². The molecule has 1 heterocycles. The van der Waals surface area contributed by atoms with Crippen LogP contribution in [-0.2, 0) is 4.74 Å². The average Bonchev–Trinajstić information content (AvgIpc) is 2.89. The first kappa shape index (κ1) is 13.7. The van der Waals surface area contributed by atoms with E-state index >= 15 is 0 Å². The van der Waals surface area contributed by atoms with E-state index in [1.807, 2.05) is 31.2 Å². The number of hydrogen-bond acceptors (Lipinski definition) is 5. The lowest BCUT2D eigenvalue weighted by molar-refractivity contribution is 0.0520. The molecule has 1 atom stereocenters. The molecule has 2 rings (SSSR count). The lowest BCUT2D eigenvalue weighted by atomic mass is 10.1. The fourth-order valence-corrected chi connectivity index (χ4v) is 2.46. The molecule has 19 heavy (non-hydrogen) atoms. The van der Waals surface area contributed by atoms with Crippen LogP contribution in [0, 0.1) is 6.92 Å². The largest absolute Gasteiger partial charge is 0.461 e. The first-order valence-corrected chi connectivity index (χ1v) is 6.94. The summed E-state index contributed by atoms with van der Waals surface area (Å²) in [4.78, 5) is 15.8. The van der Waals surface area contributed by atoms with E-state index < -0.39 is 5.97 Å². The van der Waals surface area contributed by atoms with Crippen molar-refractivity contribution in [1.29, 1.82) is 0 Å². The van der Waals surface area contributed by atoms with Gasteiger partial charge in [0.2, 0.25) is 0 Å². The number of benzene rings is 1. The molecule has 2 aromatic rings. The maximum atomic E-state index is 11.5. The molecule has 0 aliphatic rings. The zero-order valence-electron chi connectivity index (χ0n) is 10.9. The number of carbonyl (C=O) groups is 1.